The van der Waals surface area contributed by atoms with Gasteiger partial charge in [-0.1, -0.05) is 43.5 Å². The largest absolute Gasteiger partial charge is 0.573 e. The summed E-state index contributed by atoms with van der Waals surface area (Å²) in [6.45, 7) is -0.596. The van der Waals surface area contributed by atoms with Gasteiger partial charge in [0.15, 0.2) is 0 Å². The minimum Gasteiger partial charge on any atom is -0.479 e. The summed E-state index contributed by atoms with van der Waals surface area (Å²) in [4.78, 5) is 37.8. The van der Waals surface area contributed by atoms with E-state index >= 15 is 0 Å². The van der Waals surface area contributed by atoms with Gasteiger partial charge in [-0.2, -0.15) is 0 Å². The quantitative estimate of drug-likeness (QED) is 0.217. The Kier molecular flexibility index (Phi) is 10.2. The van der Waals surface area contributed by atoms with Gasteiger partial charge >= 0.3 is 18.4 Å². The molecule has 1 aliphatic carbocycles. The molecule has 0 aliphatic heterocycles. The summed E-state index contributed by atoms with van der Waals surface area (Å²) >= 11 is 0. The summed E-state index contributed by atoms with van der Waals surface area (Å²) in [6.07, 6.45) is -1.26. The fraction of sp³-hybridized carbons (Fsp3) is 0.323. The van der Waals surface area contributed by atoms with E-state index in [4.69, 9.17) is 5.11 Å². The van der Waals surface area contributed by atoms with Crippen molar-refractivity contribution in [3.63, 3.8) is 0 Å². The van der Waals surface area contributed by atoms with Crippen LogP contribution in [0.4, 0.5) is 33.7 Å². The molecule has 1 atom stereocenters. The van der Waals surface area contributed by atoms with Crippen molar-refractivity contribution in [2.24, 2.45) is 0 Å². The number of hydrogen-bond acceptors (Lipinski definition) is 4. The van der Waals surface area contributed by atoms with Gasteiger partial charge in [0.05, 0.1) is 13.1 Å². The zero-order valence-corrected chi connectivity index (χ0v) is 23.1. The van der Waals surface area contributed by atoms with E-state index in [1.807, 2.05) is 24.3 Å². The minimum absolute atomic E-state index is 0.0807. The average molecular weight is 602 g/mol. The standard InChI is InChI=1S/C31H31F4N3O5/c32-27(29(40)41)18-36-28(39)23-8-6-20(7-9-23)19-38(25-14-10-22(11-15-25)21-4-2-1-3-5-21)30(42)37-24-12-16-26(17-13-24)43-31(33,34)35/h6-17,21,27H,1-5,18-19H2,(H,36,39)(H,37,42)(H,40,41). The Balaban J connectivity index is 1.50. The number of anilines is 2. The van der Waals surface area contributed by atoms with Gasteiger partial charge in [0, 0.05) is 16.9 Å². The predicted molar refractivity (Wildman–Crippen MR) is 152 cm³/mol. The van der Waals surface area contributed by atoms with Crippen LogP contribution in [0.5, 0.6) is 5.75 Å². The van der Waals surface area contributed by atoms with E-state index in [-0.39, 0.29) is 17.8 Å². The Morgan fingerprint density at radius 3 is 2.12 bits per heavy atom. The zero-order chi connectivity index (χ0) is 31.0. The second-order valence-electron chi connectivity index (χ2n) is 10.2. The molecule has 1 unspecified atom stereocenters. The number of hydrogen-bond donors (Lipinski definition) is 3. The van der Waals surface area contributed by atoms with Crippen LogP contribution < -0.4 is 20.3 Å². The lowest BCUT2D eigenvalue weighted by atomic mass is 9.84. The molecule has 1 aliphatic rings. The van der Waals surface area contributed by atoms with E-state index in [9.17, 15) is 31.9 Å². The molecule has 0 saturated heterocycles. The van der Waals surface area contributed by atoms with Gasteiger partial charge in [-0.05, 0) is 78.4 Å². The molecule has 12 heteroatoms. The van der Waals surface area contributed by atoms with Crippen LogP contribution in [0.3, 0.4) is 0 Å². The van der Waals surface area contributed by atoms with Gasteiger partial charge < -0.3 is 20.5 Å². The molecule has 0 spiro atoms. The van der Waals surface area contributed by atoms with Crippen molar-refractivity contribution in [2.75, 3.05) is 16.8 Å². The fourth-order valence-electron chi connectivity index (χ4n) is 4.89. The summed E-state index contributed by atoms with van der Waals surface area (Å²) in [7, 11) is 0. The van der Waals surface area contributed by atoms with Crippen molar-refractivity contribution in [2.45, 2.75) is 57.1 Å². The highest BCUT2D eigenvalue weighted by Gasteiger charge is 2.31. The van der Waals surface area contributed by atoms with Crippen molar-refractivity contribution in [3.8, 4) is 5.75 Å². The maximum atomic E-state index is 13.5. The molecule has 0 radical (unpaired) electrons. The van der Waals surface area contributed by atoms with E-state index in [2.05, 4.69) is 15.4 Å². The van der Waals surface area contributed by atoms with Crippen molar-refractivity contribution >= 4 is 29.3 Å². The number of alkyl halides is 4. The first-order valence-electron chi connectivity index (χ1n) is 13.8. The Labute approximate surface area is 245 Å². The summed E-state index contributed by atoms with van der Waals surface area (Å²) < 4.78 is 54.7. The number of carboxylic acid groups (broad SMARTS) is 1. The van der Waals surface area contributed by atoms with Gasteiger partial charge in [-0.25, -0.2) is 14.0 Å². The van der Waals surface area contributed by atoms with E-state index in [1.165, 1.54) is 54.0 Å². The Morgan fingerprint density at radius 2 is 1.53 bits per heavy atom. The molecule has 3 N–H and O–H groups in total. The highest BCUT2D eigenvalue weighted by Crippen LogP contribution is 2.34. The van der Waals surface area contributed by atoms with Crippen LogP contribution in [0.15, 0.2) is 72.8 Å². The summed E-state index contributed by atoms with van der Waals surface area (Å²) in [5.74, 6) is -2.29. The Hall–Kier alpha value is -4.61. The Bertz CT molecular complexity index is 1390. The molecule has 4 rings (SSSR count). The molecule has 228 valence electrons. The van der Waals surface area contributed by atoms with Crippen LogP contribution in [-0.2, 0) is 11.3 Å². The van der Waals surface area contributed by atoms with Crippen LogP contribution in [0.2, 0.25) is 0 Å². The minimum atomic E-state index is -4.84. The molecule has 43 heavy (non-hydrogen) atoms. The third-order valence-electron chi connectivity index (χ3n) is 7.13. The van der Waals surface area contributed by atoms with Crippen LogP contribution in [0, 0.1) is 0 Å². The fourth-order valence-corrected chi connectivity index (χ4v) is 4.89. The topological polar surface area (TPSA) is 108 Å². The molecule has 1 saturated carbocycles. The highest BCUT2D eigenvalue weighted by atomic mass is 19.4. The lowest BCUT2D eigenvalue weighted by Gasteiger charge is -2.26. The lowest BCUT2D eigenvalue weighted by molar-refractivity contribution is -0.274. The van der Waals surface area contributed by atoms with Crippen LogP contribution in [0.25, 0.3) is 0 Å². The van der Waals surface area contributed by atoms with Crippen LogP contribution in [-0.4, -0.2) is 42.1 Å². The van der Waals surface area contributed by atoms with Crippen molar-refractivity contribution in [1.82, 2.24) is 5.32 Å². The molecular weight excluding hydrogens is 570 g/mol. The lowest BCUT2D eigenvalue weighted by Crippen LogP contribution is -2.35. The van der Waals surface area contributed by atoms with Gasteiger partial charge in [0.2, 0.25) is 6.17 Å². The van der Waals surface area contributed by atoms with Gasteiger partial charge in [-0.3, -0.25) is 9.69 Å². The van der Waals surface area contributed by atoms with Crippen molar-refractivity contribution < 1.29 is 41.8 Å². The second-order valence-corrected chi connectivity index (χ2v) is 10.2. The zero-order valence-electron chi connectivity index (χ0n) is 23.1. The molecule has 8 nitrogen and oxygen atoms in total. The molecule has 3 aromatic rings. The summed E-state index contributed by atoms with van der Waals surface area (Å²) in [5, 5.41) is 13.6. The summed E-state index contributed by atoms with van der Waals surface area (Å²) in [5.41, 5.74) is 2.85. The van der Waals surface area contributed by atoms with E-state index < -0.39 is 42.7 Å². The molecule has 0 aromatic heterocycles. The van der Waals surface area contributed by atoms with E-state index in [1.54, 1.807) is 12.1 Å². The van der Waals surface area contributed by atoms with Gasteiger partial charge in [-0.15, -0.1) is 13.2 Å². The molecule has 0 bridgehead atoms. The first-order chi connectivity index (χ1) is 20.5. The molecule has 3 aromatic carbocycles. The number of rotatable bonds is 10. The molecule has 0 heterocycles. The number of nitrogens with one attached hydrogen (secondary N) is 2. The number of urea groups is 1. The molecule has 1 fully saturated rings. The maximum absolute atomic E-state index is 13.5. The number of carbonyl (C=O) groups excluding carboxylic acids is 2. The van der Waals surface area contributed by atoms with Crippen LogP contribution >= 0.6 is 0 Å². The average Bonchev–Trinajstić information content (AvgIpc) is 2.99. The number of halogens is 4. The monoisotopic (exact) mass is 601 g/mol. The third-order valence-corrected chi connectivity index (χ3v) is 7.13. The number of carbonyl (C=O) groups is 3. The predicted octanol–water partition coefficient (Wildman–Crippen LogP) is 7.02. The van der Waals surface area contributed by atoms with Crippen molar-refractivity contribution in [1.29, 1.82) is 0 Å². The first kappa shape index (κ1) is 31.3. The normalized spacial score (nSPS) is 14.4. The SMILES string of the molecule is O=C(NCC(F)C(=O)O)c1ccc(CN(C(=O)Nc2ccc(OC(F)(F)F)cc2)c2ccc(C3CCCCC3)cc2)cc1. The number of ether oxygens (including phenoxy) is 1. The molecular formula is C31H31F4N3O5. The number of nitrogens with zero attached hydrogens (tertiary/aromatic N) is 1. The van der Waals surface area contributed by atoms with Crippen LogP contribution in [0.1, 0.15) is 59.5 Å². The smallest absolute Gasteiger partial charge is 0.479 e. The van der Waals surface area contributed by atoms with E-state index in [0.717, 1.165) is 25.0 Å². The third kappa shape index (κ3) is 9.19. The van der Waals surface area contributed by atoms with Gasteiger partial charge in [0.1, 0.15) is 5.75 Å². The Morgan fingerprint density at radius 1 is 0.907 bits per heavy atom. The number of amides is 3. The number of aliphatic carboxylic acids is 1. The molecule has 3 amide bonds. The second kappa shape index (κ2) is 14.0. The number of carboxylic acids is 1. The van der Waals surface area contributed by atoms with E-state index in [0.29, 0.717) is 17.2 Å². The maximum Gasteiger partial charge on any atom is 0.573 e. The summed E-state index contributed by atoms with van der Waals surface area (Å²) in [6, 6.07) is 18.1. The highest BCUT2D eigenvalue weighted by molar-refractivity contribution is 6.01. The number of benzene rings is 3. The van der Waals surface area contributed by atoms with Crippen molar-refractivity contribution in [3.05, 3.63) is 89.5 Å². The van der Waals surface area contributed by atoms with Gasteiger partial charge in [0.25, 0.3) is 5.91 Å². The first-order valence-corrected chi connectivity index (χ1v) is 13.8.